The standard InChI is InChI=1S/C21H14/c1-2-6-16(7-3-1)10-11-17-12-13-21-19(14-17)15-18-8-4-5-9-20(18)21/h1-9,12-14H,15H2. The van der Waals surface area contributed by atoms with Gasteiger partial charge in [0, 0.05) is 11.1 Å². The highest BCUT2D eigenvalue weighted by atomic mass is 14.2. The third-order valence-electron chi connectivity index (χ3n) is 3.92. The summed E-state index contributed by atoms with van der Waals surface area (Å²) in [7, 11) is 0. The highest BCUT2D eigenvalue weighted by Gasteiger charge is 2.17. The largest absolute Gasteiger partial charge is 0.0622 e. The van der Waals surface area contributed by atoms with Crippen molar-refractivity contribution < 1.29 is 0 Å². The van der Waals surface area contributed by atoms with Crippen LogP contribution in [0.3, 0.4) is 0 Å². The monoisotopic (exact) mass is 266 g/mol. The maximum Gasteiger partial charge on any atom is 0.0252 e. The molecule has 0 heterocycles. The zero-order valence-electron chi connectivity index (χ0n) is 11.6. The molecule has 0 saturated carbocycles. The maximum absolute atomic E-state index is 3.27. The number of fused-ring (bicyclic) bond motifs is 3. The van der Waals surface area contributed by atoms with Crippen LogP contribution in [0.25, 0.3) is 11.1 Å². The highest BCUT2D eigenvalue weighted by molar-refractivity contribution is 5.77. The second kappa shape index (κ2) is 4.96. The van der Waals surface area contributed by atoms with Crippen molar-refractivity contribution in [3.8, 4) is 23.0 Å². The Morgan fingerprint density at radius 2 is 1.29 bits per heavy atom. The number of hydrogen-bond donors (Lipinski definition) is 0. The third-order valence-corrected chi connectivity index (χ3v) is 3.92. The summed E-state index contributed by atoms with van der Waals surface area (Å²) in [6.07, 6.45) is 1.02. The lowest BCUT2D eigenvalue weighted by Crippen LogP contribution is -1.83. The van der Waals surface area contributed by atoms with E-state index in [0.717, 1.165) is 17.5 Å². The van der Waals surface area contributed by atoms with E-state index < -0.39 is 0 Å². The fourth-order valence-corrected chi connectivity index (χ4v) is 2.89. The number of hydrogen-bond acceptors (Lipinski definition) is 0. The fourth-order valence-electron chi connectivity index (χ4n) is 2.89. The summed E-state index contributed by atoms with van der Waals surface area (Å²) in [6, 6.07) is 25.3. The first kappa shape index (κ1) is 12.0. The Kier molecular flexibility index (Phi) is 2.83. The second-order valence-electron chi connectivity index (χ2n) is 5.32. The van der Waals surface area contributed by atoms with Crippen molar-refractivity contribution in [2.45, 2.75) is 6.42 Å². The molecular formula is C21H14. The van der Waals surface area contributed by atoms with Gasteiger partial charge >= 0.3 is 0 Å². The van der Waals surface area contributed by atoms with Crippen molar-refractivity contribution in [3.63, 3.8) is 0 Å². The van der Waals surface area contributed by atoms with E-state index in [2.05, 4.69) is 54.3 Å². The Balaban J connectivity index is 1.70. The zero-order chi connectivity index (χ0) is 14.1. The molecule has 1 aliphatic carbocycles. The Labute approximate surface area is 125 Å². The SMILES string of the molecule is C(#Cc1ccc2c(c1)Cc1ccccc1-2)c1ccccc1. The van der Waals surface area contributed by atoms with Crippen LogP contribution in [0, 0.1) is 11.8 Å². The molecule has 0 nitrogen and oxygen atoms in total. The lowest BCUT2D eigenvalue weighted by atomic mass is 10.0. The molecule has 3 aromatic rings. The van der Waals surface area contributed by atoms with Gasteiger partial charge in [0.15, 0.2) is 0 Å². The summed E-state index contributed by atoms with van der Waals surface area (Å²) in [5, 5.41) is 0. The molecule has 0 aromatic heterocycles. The third kappa shape index (κ3) is 2.24. The molecule has 0 fully saturated rings. The predicted octanol–water partition coefficient (Wildman–Crippen LogP) is 4.66. The van der Waals surface area contributed by atoms with Gasteiger partial charge in [-0.25, -0.2) is 0 Å². The van der Waals surface area contributed by atoms with E-state index in [-0.39, 0.29) is 0 Å². The van der Waals surface area contributed by atoms with Crippen molar-refractivity contribution >= 4 is 0 Å². The van der Waals surface area contributed by atoms with Crippen molar-refractivity contribution in [2.24, 2.45) is 0 Å². The minimum absolute atomic E-state index is 1.02. The summed E-state index contributed by atoms with van der Waals surface area (Å²) in [5.41, 5.74) is 7.68. The maximum atomic E-state index is 3.27. The molecule has 0 spiro atoms. The van der Waals surface area contributed by atoms with Crippen LogP contribution in [-0.2, 0) is 6.42 Å². The van der Waals surface area contributed by atoms with E-state index in [0.29, 0.717) is 0 Å². The van der Waals surface area contributed by atoms with E-state index in [9.17, 15) is 0 Å². The summed E-state index contributed by atoms with van der Waals surface area (Å²) in [4.78, 5) is 0. The van der Waals surface area contributed by atoms with Crippen LogP contribution < -0.4 is 0 Å². The summed E-state index contributed by atoms with van der Waals surface area (Å²) < 4.78 is 0. The van der Waals surface area contributed by atoms with Crippen molar-refractivity contribution in [2.75, 3.05) is 0 Å². The minimum atomic E-state index is 1.02. The first-order valence-electron chi connectivity index (χ1n) is 7.18. The smallest absolute Gasteiger partial charge is 0.0252 e. The van der Waals surface area contributed by atoms with E-state index in [1.165, 1.54) is 22.3 Å². The average Bonchev–Trinajstić information content (AvgIpc) is 2.91. The molecule has 0 heteroatoms. The van der Waals surface area contributed by atoms with Gasteiger partial charge in [-0.3, -0.25) is 0 Å². The van der Waals surface area contributed by atoms with Gasteiger partial charge in [0.05, 0.1) is 0 Å². The molecule has 1 aliphatic rings. The van der Waals surface area contributed by atoms with E-state index in [1.807, 2.05) is 30.3 Å². The first-order valence-corrected chi connectivity index (χ1v) is 7.18. The van der Waals surface area contributed by atoms with Crippen molar-refractivity contribution in [1.29, 1.82) is 0 Å². The molecule has 0 amide bonds. The minimum Gasteiger partial charge on any atom is -0.0622 e. The lowest BCUT2D eigenvalue weighted by molar-refractivity contribution is 1.26. The van der Waals surface area contributed by atoms with E-state index in [4.69, 9.17) is 0 Å². The molecule has 21 heavy (non-hydrogen) atoms. The van der Waals surface area contributed by atoms with Crippen molar-refractivity contribution in [1.82, 2.24) is 0 Å². The predicted molar refractivity (Wildman–Crippen MR) is 87.1 cm³/mol. The van der Waals surface area contributed by atoms with Crippen LogP contribution in [0.5, 0.6) is 0 Å². The van der Waals surface area contributed by atoms with Crippen LogP contribution in [-0.4, -0.2) is 0 Å². The van der Waals surface area contributed by atoms with Gasteiger partial charge in [-0.1, -0.05) is 60.4 Å². The van der Waals surface area contributed by atoms with Gasteiger partial charge in [-0.05, 0) is 52.9 Å². The number of benzene rings is 3. The Bertz CT molecular complexity index is 861. The Morgan fingerprint density at radius 3 is 2.19 bits per heavy atom. The van der Waals surface area contributed by atoms with Crippen LogP contribution >= 0.6 is 0 Å². The van der Waals surface area contributed by atoms with Gasteiger partial charge < -0.3 is 0 Å². The fraction of sp³-hybridized carbons (Fsp3) is 0.0476. The van der Waals surface area contributed by atoms with E-state index >= 15 is 0 Å². The number of rotatable bonds is 0. The summed E-state index contributed by atoms with van der Waals surface area (Å²) in [5.74, 6) is 6.49. The zero-order valence-corrected chi connectivity index (χ0v) is 11.6. The molecule has 0 atom stereocenters. The molecule has 3 aromatic carbocycles. The normalized spacial score (nSPS) is 11.2. The molecule has 0 aliphatic heterocycles. The molecule has 0 N–H and O–H groups in total. The summed E-state index contributed by atoms with van der Waals surface area (Å²) in [6.45, 7) is 0. The van der Waals surface area contributed by atoms with Gasteiger partial charge in [-0.15, -0.1) is 0 Å². The van der Waals surface area contributed by atoms with Gasteiger partial charge in [-0.2, -0.15) is 0 Å². The first-order chi connectivity index (χ1) is 10.4. The highest BCUT2D eigenvalue weighted by Crippen LogP contribution is 2.36. The molecule has 0 unspecified atom stereocenters. The Hall–Kier alpha value is -2.78. The van der Waals surface area contributed by atoms with Crippen LogP contribution in [0.2, 0.25) is 0 Å². The van der Waals surface area contributed by atoms with E-state index in [1.54, 1.807) is 0 Å². The van der Waals surface area contributed by atoms with Crippen LogP contribution in [0.15, 0.2) is 72.8 Å². The summed E-state index contributed by atoms with van der Waals surface area (Å²) >= 11 is 0. The molecule has 4 rings (SSSR count). The van der Waals surface area contributed by atoms with Crippen LogP contribution in [0.1, 0.15) is 22.3 Å². The van der Waals surface area contributed by atoms with Gasteiger partial charge in [0.1, 0.15) is 0 Å². The molecule has 98 valence electrons. The molecular weight excluding hydrogens is 252 g/mol. The molecule has 0 bridgehead atoms. The molecule has 0 saturated heterocycles. The van der Waals surface area contributed by atoms with Gasteiger partial charge in [0.2, 0.25) is 0 Å². The average molecular weight is 266 g/mol. The van der Waals surface area contributed by atoms with Crippen molar-refractivity contribution in [3.05, 3.63) is 95.1 Å². The molecule has 0 radical (unpaired) electrons. The second-order valence-corrected chi connectivity index (χ2v) is 5.32. The van der Waals surface area contributed by atoms with Gasteiger partial charge in [0.25, 0.3) is 0 Å². The topological polar surface area (TPSA) is 0 Å². The quantitative estimate of drug-likeness (QED) is 0.406. The van der Waals surface area contributed by atoms with Crippen LogP contribution in [0.4, 0.5) is 0 Å². The lowest BCUT2D eigenvalue weighted by Gasteiger charge is -2.00. The Morgan fingerprint density at radius 1 is 0.571 bits per heavy atom.